The molecular weight excluding hydrogens is 734 g/mol. The van der Waals surface area contributed by atoms with Crippen LogP contribution in [0.3, 0.4) is 0 Å². The Balaban J connectivity index is 0.000000204. The van der Waals surface area contributed by atoms with Gasteiger partial charge in [0, 0.05) is 27.4 Å². The third kappa shape index (κ3) is 8.81. The minimum absolute atomic E-state index is 0.295. The molecule has 2 fully saturated rings. The molecule has 2 heterocycles. The number of aromatic nitrogens is 2. The fourth-order valence-electron chi connectivity index (χ4n) is 7.94. The van der Waals surface area contributed by atoms with Crippen molar-refractivity contribution in [1.29, 1.82) is 0 Å². The summed E-state index contributed by atoms with van der Waals surface area (Å²) in [4.78, 5) is 43.2. The van der Waals surface area contributed by atoms with Crippen molar-refractivity contribution in [2.45, 2.75) is 102 Å². The molecule has 2 aliphatic rings. The Bertz CT molecular complexity index is 2100. The van der Waals surface area contributed by atoms with E-state index in [0.29, 0.717) is 28.7 Å². The van der Waals surface area contributed by atoms with Gasteiger partial charge in [-0.25, -0.2) is 14.4 Å². The third-order valence-electron chi connectivity index (χ3n) is 10.3. The maximum Gasteiger partial charge on any atom is 0.412 e. The van der Waals surface area contributed by atoms with Crippen molar-refractivity contribution < 1.29 is 28.6 Å². The Morgan fingerprint density at radius 1 is 0.698 bits per heavy atom. The first-order valence-corrected chi connectivity index (χ1v) is 19.5. The Morgan fingerprint density at radius 3 is 1.75 bits per heavy atom. The van der Waals surface area contributed by atoms with Gasteiger partial charge in [-0.3, -0.25) is 5.32 Å². The largest absolute Gasteiger partial charge is 0.465 e. The number of nitrogens with one attached hydrogen (secondary N) is 3. The number of para-hydroxylation sites is 1. The summed E-state index contributed by atoms with van der Waals surface area (Å²) < 4.78 is 16.2. The van der Waals surface area contributed by atoms with Gasteiger partial charge in [0.05, 0.1) is 41.3 Å². The number of methoxy groups -OCH3 is 2. The highest BCUT2D eigenvalue weighted by Gasteiger charge is 2.27. The van der Waals surface area contributed by atoms with Crippen molar-refractivity contribution in [2.75, 3.05) is 19.5 Å². The topological polar surface area (TPSA) is 123 Å². The molecule has 2 aliphatic carbocycles. The molecule has 0 radical (unpaired) electrons. The van der Waals surface area contributed by atoms with E-state index in [0.717, 1.165) is 45.1 Å². The van der Waals surface area contributed by atoms with Crippen LogP contribution in [-0.2, 0) is 14.2 Å². The van der Waals surface area contributed by atoms with Crippen LogP contribution in [0.5, 0.6) is 0 Å². The summed E-state index contributed by atoms with van der Waals surface area (Å²) in [6.07, 6.45) is 11.9. The Kier molecular flexibility index (Phi) is 12.0. The van der Waals surface area contributed by atoms with E-state index in [1.807, 2.05) is 81.4 Å². The predicted molar refractivity (Wildman–Crippen MR) is 214 cm³/mol. The smallest absolute Gasteiger partial charge is 0.412 e. The summed E-state index contributed by atoms with van der Waals surface area (Å²) >= 11 is 3.65. The summed E-state index contributed by atoms with van der Waals surface area (Å²) in [5.41, 5.74) is 7.58. The average Bonchev–Trinajstić information content (AvgIpc) is 3.70. The molecule has 2 aromatic heterocycles. The van der Waals surface area contributed by atoms with Crippen LogP contribution in [0.25, 0.3) is 33.1 Å². The molecule has 10 heteroatoms. The van der Waals surface area contributed by atoms with E-state index in [9.17, 15) is 14.4 Å². The molecule has 1 amide bonds. The van der Waals surface area contributed by atoms with E-state index in [2.05, 4.69) is 31.2 Å². The zero-order valence-corrected chi connectivity index (χ0v) is 32.9. The highest BCUT2D eigenvalue weighted by Crippen LogP contribution is 2.44. The highest BCUT2D eigenvalue weighted by atomic mass is 79.9. The number of hydrogen-bond acceptors (Lipinski definition) is 6. The number of carbonyl (C=O) groups is 3. The molecule has 53 heavy (non-hydrogen) atoms. The van der Waals surface area contributed by atoms with Gasteiger partial charge in [0.15, 0.2) is 0 Å². The Morgan fingerprint density at radius 2 is 1.21 bits per heavy atom. The summed E-state index contributed by atoms with van der Waals surface area (Å²) in [5, 5.41) is 5.25. The molecule has 3 N–H and O–H groups in total. The number of hydrogen-bond donors (Lipinski definition) is 3. The summed E-state index contributed by atoms with van der Waals surface area (Å²) in [6.45, 7) is 5.53. The van der Waals surface area contributed by atoms with E-state index in [-0.39, 0.29) is 11.9 Å². The minimum Gasteiger partial charge on any atom is -0.465 e. The number of esters is 2. The van der Waals surface area contributed by atoms with Gasteiger partial charge >= 0.3 is 18.0 Å². The Labute approximate surface area is 319 Å². The maximum absolute atomic E-state index is 12.5. The van der Waals surface area contributed by atoms with E-state index >= 15 is 0 Å². The van der Waals surface area contributed by atoms with Crippen LogP contribution in [-0.4, -0.2) is 47.8 Å². The molecule has 0 saturated heterocycles. The number of aromatic amines is 2. The summed E-state index contributed by atoms with van der Waals surface area (Å²) in [6, 6.07) is 19.2. The van der Waals surface area contributed by atoms with Gasteiger partial charge in [-0.1, -0.05) is 68.9 Å². The van der Waals surface area contributed by atoms with Crippen LogP contribution in [0.2, 0.25) is 0 Å². The lowest BCUT2D eigenvalue weighted by molar-refractivity contribution is 0.0592. The van der Waals surface area contributed by atoms with Gasteiger partial charge in [0.25, 0.3) is 0 Å². The molecule has 0 unspecified atom stereocenters. The van der Waals surface area contributed by atoms with Gasteiger partial charge in [-0.15, -0.1) is 0 Å². The molecule has 0 atom stereocenters. The molecule has 7 rings (SSSR count). The number of carbonyl (C=O) groups excluding carboxylic acids is 3. The van der Waals surface area contributed by atoms with E-state index in [4.69, 9.17) is 14.2 Å². The van der Waals surface area contributed by atoms with E-state index < -0.39 is 11.7 Å². The van der Waals surface area contributed by atoms with Crippen LogP contribution in [0.4, 0.5) is 10.5 Å². The van der Waals surface area contributed by atoms with Crippen LogP contribution in [0.15, 0.2) is 65.3 Å². The first kappa shape index (κ1) is 38.2. The van der Waals surface area contributed by atoms with Crippen molar-refractivity contribution in [1.82, 2.24) is 9.97 Å². The molecule has 3 aromatic carbocycles. The molecule has 5 aromatic rings. The SMILES string of the molecule is COC(=O)c1ccc2c(C3CCCCC3)c(-c3ccccc3NC(=O)OC(C)(C)C)[nH]c2c1.COC(=O)c1ccc2c(C3CCCCC3)c(Br)[nH]c2c1. The quantitative estimate of drug-likeness (QED) is 0.116. The van der Waals surface area contributed by atoms with Gasteiger partial charge in [0.2, 0.25) is 0 Å². The zero-order valence-electron chi connectivity index (χ0n) is 31.3. The second-order valence-electron chi connectivity index (χ2n) is 15.1. The molecule has 0 spiro atoms. The van der Waals surface area contributed by atoms with Gasteiger partial charge in [-0.2, -0.15) is 0 Å². The van der Waals surface area contributed by atoms with E-state index in [1.54, 1.807) is 0 Å². The van der Waals surface area contributed by atoms with Crippen LogP contribution < -0.4 is 5.32 Å². The van der Waals surface area contributed by atoms with Crippen molar-refractivity contribution in [3.05, 3.63) is 87.5 Å². The van der Waals surface area contributed by atoms with Crippen molar-refractivity contribution >= 4 is 61.5 Å². The molecule has 0 aliphatic heterocycles. The molecule has 0 bridgehead atoms. The second kappa shape index (κ2) is 16.6. The van der Waals surface area contributed by atoms with Crippen molar-refractivity contribution in [3.63, 3.8) is 0 Å². The lowest BCUT2D eigenvalue weighted by Gasteiger charge is -2.24. The molecule has 280 valence electrons. The number of rotatable bonds is 6. The lowest BCUT2D eigenvalue weighted by atomic mass is 9.81. The summed E-state index contributed by atoms with van der Waals surface area (Å²) in [7, 11) is 2.79. The number of benzene rings is 3. The normalized spacial score (nSPS) is 15.4. The number of halogens is 1. The van der Waals surface area contributed by atoms with Crippen LogP contribution in [0.1, 0.15) is 129 Å². The molecule has 9 nitrogen and oxygen atoms in total. The molecule has 2 saturated carbocycles. The second-order valence-corrected chi connectivity index (χ2v) is 15.9. The van der Waals surface area contributed by atoms with Gasteiger partial charge < -0.3 is 24.2 Å². The van der Waals surface area contributed by atoms with Crippen LogP contribution >= 0.6 is 15.9 Å². The highest BCUT2D eigenvalue weighted by molar-refractivity contribution is 9.10. The number of anilines is 1. The standard InChI is InChI=1S/C27H32N2O4.C16H18BrNO2/c1-27(2,3)33-26(31)29-21-13-9-8-12-20(21)24-23(17-10-6-5-7-11-17)19-15-14-18(25(30)32-4)16-22(19)28-24;1-20-16(19)11-7-8-12-13(9-11)18-15(17)14(12)10-5-3-2-4-6-10/h8-9,12-17,28H,5-7,10-11H2,1-4H3,(H,29,31);7-10,18H,2-6H2,1H3. The number of ether oxygens (including phenoxy) is 3. The first-order valence-electron chi connectivity index (χ1n) is 18.7. The third-order valence-corrected chi connectivity index (χ3v) is 11.0. The predicted octanol–water partition coefficient (Wildman–Crippen LogP) is 11.8. The fraction of sp³-hybridized carbons (Fsp3) is 0.419. The monoisotopic (exact) mass is 783 g/mol. The zero-order chi connectivity index (χ0) is 37.7. The van der Waals surface area contributed by atoms with Gasteiger partial charge in [-0.05, 0) is 116 Å². The lowest BCUT2D eigenvalue weighted by Crippen LogP contribution is -2.27. The van der Waals surface area contributed by atoms with Crippen LogP contribution in [0, 0.1) is 0 Å². The van der Waals surface area contributed by atoms with E-state index in [1.165, 1.54) is 82.1 Å². The average molecular weight is 785 g/mol. The number of fused-ring (bicyclic) bond motifs is 2. The first-order chi connectivity index (χ1) is 25.5. The minimum atomic E-state index is -0.586. The maximum atomic E-state index is 12.5. The number of H-pyrrole nitrogens is 2. The fourth-order valence-corrected chi connectivity index (χ4v) is 8.69. The number of amides is 1. The van der Waals surface area contributed by atoms with Crippen molar-refractivity contribution in [2.24, 2.45) is 0 Å². The van der Waals surface area contributed by atoms with Crippen molar-refractivity contribution in [3.8, 4) is 11.3 Å². The summed E-state index contributed by atoms with van der Waals surface area (Å²) in [5.74, 6) is 0.382. The van der Waals surface area contributed by atoms with Gasteiger partial charge in [0.1, 0.15) is 5.60 Å². The molecular formula is C43H50BrN3O6. The Hall–Kier alpha value is -4.57.